The molecular formula is C12H17NO4S. The van der Waals surface area contributed by atoms with Crippen molar-refractivity contribution in [2.45, 2.75) is 31.0 Å². The van der Waals surface area contributed by atoms with Gasteiger partial charge in [-0.3, -0.25) is 0 Å². The third kappa shape index (κ3) is 2.66. The SMILES string of the molecule is C[C@@H]1CN(S(=O)(=O)c2ccc(O)cc2)C[C@H](C)O1. The first-order valence-electron chi connectivity index (χ1n) is 5.84. The molecule has 100 valence electrons. The molecule has 5 nitrogen and oxygen atoms in total. The summed E-state index contributed by atoms with van der Waals surface area (Å²) in [5.74, 6) is 0.0534. The molecule has 1 aliphatic rings. The molecule has 1 aromatic carbocycles. The number of rotatable bonds is 2. The van der Waals surface area contributed by atoms with Gasteiger partial charge >= 0.3 is 0 Å². The molecule has 1 fully saturated rings. The molecule has 0 aliphatic carbocycles. The summed E-state index contributed by atoms with van der Waals surface area (Å²) in [6.07, 6.45) is -0.221. The topological polar surface area (TPSA) is 66.8 Å². The molecule has 1 aliphatic heterocycles. The van der Waals surface area contributed by atoms with Gasteiger partial charge < -0.3 is 9.84 Å². The summed E-state index contributed by atoms with van der Waals surface area (Å²) in [6, 6.07) is 5.57. The van der Waals surface area contributed by atoms with Crippen LogP contribution >= 0.6 is 0 Å². The van der Waals surface area contributed by atoms with Gasteiger partial charge in [-0.25, -0.2) is 8.42 Å². The monoisotopic (exact) mass is 271 g/mol. The van der Waals surface area contributed by atoms with Gasteiger partial charge in [-0.2, -0.15) is 4.31 Å². The average molecular weight is 271 g/mol. The Kier molecular flexibility index (Phi) is 3.61. The normalized spacial score (nSPS) is 26.1. The summed E-state index contributed by atoms with van der Waals surface area (Å²) in [5.41, 5.74) is 0. The molecule has 1 heterocycles. The molecule has 2 rings (SSSR count). The van der Waals surface area contributed by atoms with Gasteiger partial charge in [-0.05, 0) is 38.1 Å². The molecule has 18 heavy (non-hydrogen) atoms. The average Bonchev–Trinajstić information content (AvgIpc) is 2.28. The molecule has 0 radical (unpaired) electrons. The Morgan fingerprint density at radius 1 is 1.17 bits per heavy atom. The first-order valence-corrected chi connectivity index (χ1v) is 7.28. The fraction of sp³-hybridized carbons (Fsp3) is 0.500. The lowest BCUT2D eigenvalue weighted by Crippen LogP contribution is -2.48. The Morgan fingerprint density at radius 3 is 2.17 bits per heavy atom. The van der Waals surface area contributed by atoms with Crippen LogP contribution in [0.3, 0.4) is 0 Å². The lowest BCUT2D eigenvalue weighted by Gasteiger charge is -2.34. The smallest absolute Gasteiger partial charge is 0.243 e. The van der Waals surface area contributed by atoms with Crippen molar-refractivity contribution in [2.75, 3.05) is 13.1 Å². The van der Waals surface area contributed by atoms with E-state index < -0.39 is 10.0 Å². The van der Waals surface area contributed by atoms with Gasteiger partial charge in [0.25, 0.3) is 0 Å². The number of nitrogens with zero attached hydrogens (tertiary/aromatic N) is 1. The van der Waals surface area contributed by atoms with Crippen molar-refractivity contribution in [3.8, 4) is 5.75 Å². The fourth-order valence-electron chi connectivity index (χ4n) is 2.09. The molecule has 6 heteroatoms. The van der Waals surface area contributed by atoms with E-state index in [2.05, 4.69) is 0 Å². The summed E-state index contributed by atoms with van der Waals surface area (Å²) in [6.45, 7) is 4.42. The number of hydrogen-bond acceptors (Lipinski definition) is 4. The number of ether oxygens (including phenoxy) is 1. The van der Waals surface area contributed by atoms with Gasteiger partial charge in [-0.1, -0.05) is 0 Å². The van der Waals surface area contributed by atoms with Gasteiger partial charge in [0.05, 0.1) is 17.1 Å². The van der Waals surface area contributed by atoms with Gasteiger partial charge in [-0.15, -0.1) is 0 Å². The van der Waals surface area contributed by atoms with Crippen LogP contribution in [0, 0.1) is 0 Å². The third-order valence-electron chi connectivity index (χ3n) is 2.86. The number of aromatic hydroxyl groups is 1. The van der Waals surface area contributed by atoms with Gasteiger partial charge in [0.15, 0.2) is 0 Å². The number of sulfonamides is 1. The van der Waals surface area contributed by atoms with Crippen molar-refractivity contribution in [3.05, 3.63) is 24.3 Å². The van der Waals surface area contributed by atoms with Crippen molar-refractivity contribution >= 4 is 10.0 Å². The third-order valence-corrected chi connectivity index (χ3v) is 4.71. The van der Waals surface area contributed by atoms with Crippen molar-refractivity contribution in [1.82, 2.24) is 4.31 Å². The number of phenols is 1. The Morgan fingerprint density at radius 2 is 1.67 bits per heavy atom. The van der Waals surface area contributed by atoms with E-state index in [1.807, 2.05) is 13.8 Å². The van der Waals surface area contributed by atoms with Crippen molar-refractivity contribution in [3.63, 3.8) is 0 Å². The highest BCUT2D eigenvalue weighted by Gasteiger charge is 2.31. The summed E-state index contributed by atoms with van der Waals surface area (Å²) < 4.78 is 31.7. The molecule has 0 amide bonds. The van der Waals surface area contributed by atoms with Gasteiger partial charge in [0, 0.05) is 13.1 Å². The Balaban J connectivity index is 2.28. The standard InChI is InChI=1S/C12H17NO4S/c1-9-7-13(8-10(2)17-9)18(15,16)12-5-3-11(14)4-6-12/h3-6,9-10,14H,7-8H2,1-2H3/t9-,10+. The first kappa shape index (κ1) is 13.3. The van der Waals surface area contributed by atoms with Gasteiger partial charge in [0.1, 0.15) is 5.75 Å². The highest BCUT2D eigenvalue weighted by Crippen LogP contribution is 2.22. The van der Waals surface area contributed by atoms with Crippen molar-refractivity contribution in [1.29, 1.82) is 0 Å². The minimum absolute atomic E-state index is 0.0534. The van der Waals surface area contributed by atoms with E-state index in [0.717, 1.165) is 0 Å². The van der Waals surface area contributed by atoms with Crippen molar-refractivity contribution in [2.24, 2.45) is 0 Å². The highest BCUT2D eigenvalue weighted by molar-refractivity contribution is 7.89. The summed E-state index contributed by atoms with van der Waals surface area (Å²) in [4.78, 5) is 0.196. The maximum atomic E-state index is 12.4. The van der Waals surface area contributed by atoms with Crippen LogP contribution in [0.5, 0.6) is 5.75 Å². The fourth-order valence-corrected chi connectivity index (χ4v) is 3.68. The minimum atomic E-state index is -3.50. The molecule has 0 spiro atoms. The minimum Gasteiger partial charge on any atom is -0.508 e. The van der Waals surface area contributed by atoms with Crippen LogP contribution in [-0.4, -0.2) is 43.1 Å². The zero-order valence-corrected chi connectivity index (χ0v) is 11.2. The van der Waals surface area contributed by atoms with Crippen LogP contribution in [0.2, 0.25) is 0 Å². The molecule has 0 unspecified atom stereocenters. The number of benzene rings is 1. The lowest BCUT2D eigenvalue weighted by atomic mass is 10.3. The molecule has 2 atom stereocenters. The van der Waals surface area contributed by atoms with E-state index in [1.54, 1.807) is 0 Å². The van der Waals surface area contributed by atoms with E-state index in [9.17, 15) is 13.5 Å². The summed E-state index contributed by atoms with van der Waals surface area (Å²) >= 11 is 0. The van der Waals surface area contributed by atoms with Crippen LogP contribution < -0.4 is 0 Å². The molecule has 1 N–H and O–H groups in total. The highest BCUT2D eigenvalue weighted by atomic mass is 32.2. The largest absolute Gasteiger partial charge is 0.508 e. The lowest BCUT2D eigenvalue weighted by molar-refractivity contribution is -0.0440. The number of morpholine rings is 1. The quantitative estimate of drug-likeness (QED) is 0.877. The maximum Gasteiger partial charge on any atom is 0.243 e. The second-order valence-corrected chi connectivity index (χ2v) is 6.51. The van der Waals surface area contributed by atoms with E-state index in [0.29, 0.717) is 13.1 Å². The molecule has 1 aromatic rings. The maximum absolute atomic E-state index is 12.4. The summed E-state index contributed by atoms with van der Waals surface area (Å²) in [5, 5.41) is 9.19. The molecule has 0 bridgehead atoms. The van der Waals surface area contributed by atoms with Crippen LogP contribution in [-0.2, 0) is 14.8 Å². The van der Waals surface area contributed by atoms with Crippen LogP contribution in [0.4, 0.5) is 0 Å². The molecule has 0 aromatic heterocycles. The predicted octanol–water partition coefficient (Wildman–Crippen LogP) is 1.19. The second-order valence-electron chi connectivity index (χ2n) is 4.57. The number of hydrogen-bond donors (Lipinski definition) is 1. The van der Waals surface area contributed by atoms with E-state index in [4.69, 9.17) is 4.74 Å². The molecule has 0 saturated carbocycles. The van der Waals surface area contributed by atoms with E-state index in [-0.39, 0.29) is 22.9 Å². The number of phenolic OH excluding ortho intramolecular Hbond substituents is 1. The summed E-state index contributed by atoms with van der Waals surface area (Å²) in [7, 11) is -3.50. The molecular weight excluding hydrogens is 254 g/mol. The van der Waals surface area contributed by atoms with Crippen LogP contribution in [0.1, 0.15) is 13.8 Å². The Labute approximate surface area is 107 Å². The second kappa shape index (κ2) is 4.87. The van der Waals surface area contributed by atoms with E-state index >= 15 is 0 Å². The van der Waals surface area contributed by atoms with Crippen molar-refractivity contribution < 1.29 is 18.3 Å². The molecule has 1 saturated heterocycles. The van der Waals surface area contributed by atoms with E-state index in [1.165, 1.54) is 28.6 Å². The Hall–Kier alpha value is -1.11. The van der Waals surface area contributed by atoms with Crippen LogP contribution in [0.15, 0.2) is 29.2 Å². The first-order chi connectivity index (χ1) is 8.39. The zero-order chi connectivity index (χ0) is 13.3. The predicted molar refractivity (Wildman–Crippen MR) is 66.9 cm³/mol. The van der Waals surface area contributed by atoms with Crippen LogP contribution in [0.25, 0.3) is 0 Å². The zero-order valence-electron chi connectivity index (χ0n) is 10.4. The van der Waals surface area contributed by atoms with Gasteiger partial charge in [0.2, 0.25) is 10.0 Å². The Bertz CT molecular complexity index is 501.